The van der Waals surface area contributed by atoms with Crippen molar-refractivity contribution in [3.8, 4) is 0 Å². The third-order valence-corrected chi connectivity index (χ3v) is 1.83. The Morgan fingerprint density at radius 1 is 1.64 bits per heavy atom. The fourth-order valence-corrected chi connectivity index (χ4v) is 1.15. The van der Waals surface area contributed by atoms with Gasteiger partial charge in [-0.25, -0.2) is 4.98 Å². The highest BCUT2D eigenvalue weighted by molar-refractivity contribution is 6.32. The molecule has 5 heteroatoms. The maximum Gasteiger partial charge on any atom is 0.254 e. The molecule has 1 amide bonds. The number of rotatable bonds is 2. The minimum Gasteiger partial charge on any atom is -0.397 e. The molecular weight excluding hydrogens is 202 g/mol. The molecule has 0 bridgehead atoms. The predicted molar refractivity (Wildman–Crippen MR) is 56.3 cm³/mol. The molecule has 4 nitrogen and oxygen atoms in total. The predicted octanol–water partition coefficient (Wildman–Crippen LogP) is 1.46. The van der Waals surface area contributed by atoms with E-state index in [-0.39, 0.29) is 17.1 Å². The molecule has 0 unspecified atom stereocenters. The van der Waals surface area contributed by atoms with Crippen LogP contribution in [0.5, 0.6) is 0 Å². The van der Waals surface area contributed by atoms with Crippen LogP contribution in [0.2, 0.25) is 5.15 Å². The van der Waals surface area contributed by atoms with Crippen molar-refractivity contribution in [1.29, 1.82) is 0 Å². The van der Waals surface area contributed by atoms with Crippen LogP contribution in [0.15, 0.2) is 12.3 Å². The summed E-state index contributed by atoms with van der Waals surface area (Å²) >= 11 is 5.75. The minimum absolute atomic E-state index is 0.0556. The van der Waals surface area contributed by atoms with E-state index in [0.29, 0.717) is 11.3 Å². The highest BCUT2D eigenvalue weighted by Gasteiger charge is 2.12. The Bertz CT molecular complexity index is 352. The van der Waals surface area contributed by atoms with E-state index in [0.717, 1.165) is 0 Å². The number of anilines is 1. The molecule has 14 heavy (non-hydrogen) atoms. The smallest absolute Gasteiger partial charge is 0.254 e. The molecule has 0 aliphatic carbocycles. The van der Waals surface area contributed by atoms with E-state index in [1.54, 1.807) is 0 Å². The van der Waals surface area contributed by atoms with E-state index in [2.05, 4.69) is 10.3 Å². The van der Waals surface area contributed by atoms with Gasteiger partial charge in [0.2, 0.25) is 0 Å². The number of nitrogens with one attached hydrogen (secondary N) is 1. The molecular formula is C9H12ClN3O. The Balaban J connectivity index is 2.94. The van der Waals surface area contributed by atoms with Gasteiger partial charge in [-0.15, -0.1) is 0 Å². The van der Waals surface area contributed by atoms with E-state index >= 15 is 0 Å². The summed E-state index contributed by atoms with van der Waals surface area (Å²) in [6.07, 6.45) is 1.41. The Hall–Kier alpha value is -1.29. The van der Waals surface area contributed by atoms with Crippen molar-refractivity contribution in [3.63, 3.8) is 0 Å². The number of hydrogen-bond donors (Lipinski definition) is 2. The molecule has 76 valence electrons. The first-order valence-corrected chi connectivity index (χ1v) is 4.60. The molecule has 0 saturated heterocycles. The number of carbonyl (C=O) groups excluding carboxylic acids is 1. The van der Waals surface area contributed by atoms with Gasteiger partial charge in [0, 0.05) is 6.04 Å². The summed E-state index contributed by atoms with van der Waals surface area (Å²) in [5.74, 6) is -0.259. The van der Waals surface area contributed by atoms with Crippen molar-refractivity contribution in [2.45, 2.75) is 19.9 Å². The molecule has 0 spiro atoms. The highest BCUT2D eigenvalue weighted by atomic mass is 35.5. The number of halogens is 1. The summed E-state index contributed by atoms with van der Waals surface area (Å²) in [6, 6.07) is 1.56. The number of hydrogen-bond acceptors (Lipinski definition) is 3. The second kappa shape index (κ2) is 4.28. The van der Waals surface area contributed by atoms with Gasteiger partial charge in [0.1, 0.15) is 5.15 Å². The van der Waals surface area contributed by atoms with Crippen LogP contribution in [0.25, 0.3) is 0 Å². The van der Waals surface area contributed by atoms with Crippen LogP contribution < -0.4 is 11.1 Å². The first-order chi connectivity index (χ1) is 6.50. The van der Waals surface area contributed by atoms with Crippen LogP contribution in [-0.2, 0) is 0 Å². The topological polar surface area (TPSA) is 68.0 Å². The highest BCUT2D eigenvalue weighted by Crippen LogP contribution is 2.15. The minimum atomic E-state index is -0.259. The molecule has 1 aromatic rings. The molecule has 1 aromatic heterocycles. The largest absolute Gasteiger partial charge is 0.397 e. The molecule has 1 heterocycles. The molecule has 0 fully saturated rings. The number of pyridine rings is 1. The van der Waals surface area contributed by atoms with Crippen molar-refractivity contribution in [1.82, 2.24) is 10.3 Å². The third-order valence-electron chi connectivity index (χ3n) is 1.52. The fourth-order valence-electron chi connectivity index (χ4n) is 0.963. The average molecular weight is 214 g/mol. The van der Waals surface area contributed by atoms with E-state index in [1.165, 1.54) is 12.3 Å². The van der Waals surface area contributed by atoms with Gasteiger partial charge in [-0.3, -0.25) is 4.79 Å². The maximum absolute atomic E-state index is 11.5. The lowest BCUT2D eigenvalue weighted by molar-refractivity contribution is 0.0943. The van der Waals surface area contributed by atoms with Crippen molar-refractivity contribution in [3.05, 3.63) is 23.0 Å². The Kier molecular flexibility index (Phi) is 3.30. The molecule has 0 aliphatic rings. The third kappa shape index (κ3) is 2.60. The van der Waals surface area contributed by atoms with Gasteiger partial charge in [0.25, 0.3) is 5.91 Å². The zero-order valence-electron chi connectivity index (χ0n) is 8.04. The summed E-state index contributed by atoms with van der Waals surface area (Å²) in [7, 11) is 0. The molecule has 0 saturated carbocycles. The lowest BCUT2D eigenvalue weighted by Crippen LogP contribution is -2.30. The van der Waals surface area contributed by atoms with Gasteiger partial charge >= 0.3 is 0 Å². The van der Waals surface area contributed by atoms with E-state index < -0.39 is 0 Å². The average Bonchev–Trinajstić information content (AvgIpc) is 2.08. The van der Waals surface area contributed by atoms with Crippen LogP contribution in [0.4, 0.5) is 5.69 Å². The summed E-state index contributed by atoms with van der Waals surface area (Å²) in [5.41, 5.74) is 6.22. The van der Waals surface area contributed by atoms with Gasteiger partial charge < -0.3 is 11.1 Å². The normalized spacial score (nSPS) is 10.3. The van der Waals surface area contributed by atoms with Crippen LogP contribution in [0, 0.1) is 0 Å². The van der Waals surface area contributed by atoms with Gasteiger partial charge in [0.15, 0.2) is 0 Å². The molecule has 3 N–H and O–H groups in total. The van der Waals surface area contributed by atoms with E-state index in [4.69, 9.17) is 17.3 Å². The summed E-state index contributed by atoms with van der Waals surface area (Å²) in [6.45, 7) is 3.73. The zero-order chi connectivity index (χ0) is 10.7. The standard InChI is InChI=1S/C9H12ClN3O/c1-5(2)13-9(14)7-3-6(11)4-12-8(7)10/h3-5H,11H2,1-2H3,(H,13,14). The van der Waals surface area contributed by atoms with Gasteiger partial charge in [-0.2, -0.15) is 0 Å². The number of nitrogens with two attached hydrogens (primary N) is 1. The Labute approximate surface area is 87.5 Å². The Morgan fingerprint density at radius 2 is 2.29 bits per heavy atom. The zero-order valence-corrected chi connectivity index (χ0v) is 8.80. The lowest BCUT2D eigenvalue weighted by atomic mass is 10.2. The first-order valence-electron chi connectivity index (χ1n) is 4.22. The van der Waals surface area contributed by atoms with Crippen LogP contribution in [0.3, 0.4) is 0 Å². The quantitative estimate of drug-likeness (QED) is 0.731. The number of aromatic nitrogens is 1. The van der Waals surface area contributed by atoms with Gasteiger partial charge in [0.05, 0.1) is 17.4 Å². The van der Waals surface area contributed by atoms with Crippen LogP contribution in [-0.4, -0.2) is 16.9 Å². The van der Waals surface area contributed by atoms with Crippen molar-refractivity contribution in [2.24, 2.45) is 0 Å². The second-order valence-corrected chi connectivity index (χ2v) is 3.59. The lowest BCUT2D eigenvalue weighted by Gasteiger charge is -2.09. The molecule has 0 aliphatic heterocycles. The van der Waals surface area contributed by atoms with Crippen LogP contribution in [0.1, 0.15) is 24.2 Å². The molecule has 0 aromatic carbocycles. The van der Waals surface area contributed by atoms with E-state index in [9.17, 15) is 4.79 Å². The summed E-state index contributed by atoms with van der Waals surface area (Å²) < 4.78 is 0. The second-order valence-electron chi connectivity index (χ2n) is 3.24. The monoisotopic (exact) mass is 213 g/mol. The first kappa shape index (κ1) is 10.8. The van der Waals surface area contributed by atoms with Gasteiger partial charge in [-0.05, 0) is 19.9 Å². The van der Waals surface area contributed by atoms with E-state index in [1.807, 2.05) is 13.8 Å². The summed E-state index contributed by atoms with van der Waals surface area (Å²) in [5, 5.41) is 2.87. The van der Waals surface area contributed by atoms with Crippen LogP contribution >= 0.6 is 11.6 Å². The number of amides is 1. The number of nitrogen functional groups attached to an aromatic ring is 1. The SMILES string of the molecule is CC(C)NC(=O)c1cc(N)cnc1Cl. The fraction of sp³-hybridized carbons (Fsp3) is 0.333. The maximum atomic E-state index is 11.5. The molecule has 0 atom stereocenters. The van der Waals surface area contributed by atoms with Gasteiger partial charge in [-0.1, -0.05) is 11.6 Å². The van der Waals surface area contributed by atoms with Crippen molar-refractivity contribution < 1.29 is 4.79 Å². The summed E-state index contributed by atoms with van der Waals surface area (Å²) in [4.78, 5) is 15.3. The number of carbonyl (C=O) groups is 1. The molecule has 1 rings (SSSR count). The van der Waals surface area contributed by atoms with Crippen molar-refractivity contribution in [2.75, 3.05) is 5.73 Å². The Morgan fingerprint density at radius 3 is 2.86 bits per heavy atom. The molecule has 0 radical (unpaired) electrons. The number of nitrogens with zero attached hydrogens (tertiary/aromatic N) is 1. The van der Waals surface area contributed by atoms with Crippen molar-refractivity contribution >= 4 is 23.2 Å².